The molecular weight excluding hydrogens is 83.0 g/mol. The number of aliphatic hydroxyl groups is 1. The first-order valence-electron chi connectivity index (χ1n) is 1.82. The monoisotopic (exact) mass is 93.0 g/mol. The first kappa shape index (κ1) is 5.39. The van der Waals surface area contributed by atoms with Crippen molar-refractivity contribution < 1.29 is 5.11 Å². The molecule has 0 radical (unpaired) electrons. The highest BCUT2D eigenvalue weighted by Crippen LogP contribution is 1.82. The minimum atomic E-state index is 0.351. The van der Waals surface area contributed by atoms with Crippen molar-refractivity contribution in [2.45, 2.75) is 6.42 Å². The molecule has 1 N–H and O–H groups in total. The lowest BCUT2D eigenvalue weighted by Crippen LogP contribution is -1.78. The molecule has 0 rings (SSSR count). The van der Waals surface area contributed by atoms with Crippen LogP contribution in [-0.4, -0.2) is 17.9 Å². The Morgan fingerprint density at radius 1 is 1.60 bits per heavy atom. The third-order valence-corrected chi connectivity index (χ3v) is 0.908. The average Bonchev–Trinajstić information content (AvgIpc) is 1.41. The first-order valence-corrected chi connectivity index (χ1v) is 2.82. The topological polar surface area (TPSA) is 20.2 Å². The molecule has 0 aromatic heterocycles. The van der Waals surface area contributed by atoms with Gasteiger partial charge < -0.3 is 5.11 Å². The maximum atomic E-state index is 8.07. The van der Waals surface area contributed by atoms with Crippen molar-refractivity contribution in [1.29, 1.82) is 0 Å². The quantitative estimate of drug-likeness (QED) is 0.475. The van der Waals surface area contributed by atoms with Gasteiger partial charge in [0.15, 0.2) is 0 Å². The number of aliphatic hydroxyl groups excluding tert-OH is 1. The Balaban J connectivity index is 2.19. The van der Waals surface area contributed by atoms with Gasteiger partial charge in [0.2, 0.25) is 0 Å². The third-order valence-electron chi connectivity index (χ3n) is 0.408. The van der Waals surface area contributed by atoms with Crippen LogP contribution in [0.1, 0.15) is 6.42 Å². The largest absolute Gasteiger partial charge is 0.396 e. The summed E-state index contributed by atoms with van der Waals surface area (Å²) in [6.07, 6.45) is 2.08. The second kappa shape index (κ2) is 4.39. The molecule has 1 atom stereocenters. The number of hydrogen-bond donors (Lipinski definition) is 1. The highest BCUT2D eigenvalue weighted by Gasteiger charge is 1.73. The number of hydrogen-bond acceptors (Lipinski definition) is 1. The summed E-state index contributed by atoms with van der Waals surface area (Å²) in [5, 5.41) is 8.07. The van der Waals surface area contributed by atoms with Gasteiger partial charge in [-0.05, 0) is 9.24 Å². The highest BCUT2D eigenvalue weighted by atomic mass is 31.0. The molecule has 0 aliphatic rings. The molecule has 0 aromatic carbocycles. The van der Waals surface area contributed by atoms with Crippen LogP contribution in [0.5, 0.6) is 0 Å². The Bertz CT molecular complexity index is 14.4. The molecule has 5 heavy (non-hydrogen) atoms. The van der Waals surface area contributed by atoms with E-state index < -0.39 is 0 Å². The molecule has 0 aliphatic carbocycles. The van der Waals surface area contributed by atoms with Gasteiger partial charge in [0.25, 0.3) is 0 Å². The predicted molar refractivity (Wildman–Crippen MR) is 27.7 cm³/mol. The normalized spacial score (nSPS) is 9.00. The zero-order valence-electron chi connectivity index (χ0n) is 3.28. The molecule has 0 bridgehead atoms. The van der Waals surface area contributed by atoms with Gasteiger partial charge in [-0.1, -0.05) is 0 Å². The molecule has 0 aromatic rings. The summed E-state index contributed by atoms with van der Waals surface area (Å²) >= 11 is 0. The van der Waals surface area contributed by atoms with Crippen molar-refractivity contribution in [2.24, 2.45) is 0 Å². The van der Waals surface area contributed by atoms with Gasteiger partial charge in [0.1, 0.15) is 0 Å². The van der Waals surface area contributed by atoms with Crippen LogP contribution in [0.25, 0.3) is 0 Å². The van der Waals surface area contributed by atoms with Gasteiger partial charge in [-0.2, -0.15) is 0 Å². The van der Waals surface area contributed by atoms with Gasteiger partial charge in [-0.15, -0.1) is 0 Å². The van der Waals surface area contributed by atoms with Crippen molar-refractivity contribution in [1.82, 2.24) is 0 Å². The smallest absolute Gasteiger partial charge is 0.0548 e. The van der Waals surface area contributed by atoms with E-state index in [1.54, 1.807) is 0 Å². The molecule has 0 aliphatic heterocycles. The molecule has 0 spiro atoms. The van der Waals surface area contributed by atoms with Crippen LogP contribution in [0, 0.1) is 0 Å². The minimum Gasteiger partial charge on any atom is -0.396 e. The van der Waals surface area contributed by atoms with E-state index in [-0.39, 0.29) is 0 Å². The van der Waals surface area contributed by atoms with E-state index in [2.05, 4.69) is 0 Å². The molecule has 0 amide bonds. The van der Waals surface area contributed by atoms with Crippen LogP contribution < -0.4 is 0 Å². The Morgan fingerprint density at radius 2 is 2.20 bits per heavy atom. The Kier molecular flexibility index (Phi) is 4.73. The van der Waals surface area contributed by atoms with Crippen LogP contribution in [0.15, 0.2) is 0 Å². The zero-order chi connectivity index (χ0) is 4.12. The maximum Gasteiger partial charge on any atom is 0.0548 e. The fourth-order valence-corrected chi connectivity index (χ4v) is 0.335. The van der Waals surface area contributed by atoms with E-state index in [0.29, 0.717) is 6.61 Å². The van der Waals surface area contributed by atoms with Crippen molar-refractivity contribution >= 4 is 9.24 Å². The van der Waals surface area contributed by atoms with Crippen LogP contribution in [0.3, 0.4) is 0 Å². The van der Waals surface area contributed by atoms with Crippen LogP contribution in [0.2, 0.25) is 0 Å². The summed E-state index contributed by atoms with van der Waals surface area (Å²) in [5.41, 5.74) is 0. The second-order valence-corrected chi connectivity index (χ2v) is 1.64. The van der Waals surface area contributed by atoms with Gasteiger partial charge in [0, 0.05) is 13.0 Å². The van der Waals surface area contributed by atoms with Crippen LogP contribution in [0.4, 0.5) is 0 Å². The third kappa shape index (κ3) is 4.39. The molecule has 1 nitrogen and oxygen atoms in total. The lowest BCUT2D eigenvalue weighted by atomic mass is 10.5. The van der Waals surface area contributed by atoms with E-state index in [9.17, 15) is 0 Å². The van der Waals surface area contributed by atoms with Crippen molar-refractivity contribution in [3.8, 4) is 0 Å². The Hall–Kier alpha value is 0.390. The van der Waals surface area contributed by atoms with Crippen LogP contribution >= 0.6 is 9.24 Å². The lowest BCUT2D eigenvalue weighted by Gasteiger charge is -1.75. The molecule has 0 heterocycles. The zero-order valence-corrected chi connectivity index (χ0v) is 4.69. The van der Waals surface area contributed by atoms with E-state index in [0.717, 1.165) is 12.6 Å². The highest BCUT2D eigenvalue weighted by molar-refractivity contribution is 7.16. The molecule has 0 saturated heterocycles. The fourth-order valence-electron chi connectivity index (χ4n) is 0.112. The summed E-state index contributed by atoms with van der Waals surface area (Å²) in [5.74, 6) is 0. The predicted octanol–water partition coefficient (Wildman–Crippen LogP) is -0.0238. The van der Waals surface area contributed by atoms with Crippen molar-refractivity contribution in [3.63, 3.8) is 0 Å². The average molecular weight is 93.1 g/mol. The standard InChI is InChI=1S/C3H9OP/c4-2-1-3-5/h4H,1-3,5H2/p+1. The molecule has 0 fully saturated rings. The van der Waals surface area contributed by atoms with E-state index in [1.165, 1.54) is 0 Å². The summed E-state index contributed by atoms with van der Waals surface area (Å²) in [4.78, 5) is 0. The second-order valence-electron chi connectivity index (χ2n) is 0.931. The van der Waals surface area contributed by atoms with E-state index >= 15 is 0 Å². The van der Waals surface area contributed by atoms with Crippen molar-refractivity contribution in [3.05, 3.63) is 0 Å². The summed E-state index contributed by atoms with van der Waals surface area (Å²) in [7, 11) is 1.89. The first-order chi connectivity index (χ1) is 2.41. The lowest BCUT2D eigenvalue weighted by molar-refractivity contribution is 0.296. The van der Waals surface area contributed by atoms with E-state index in [4.69, 9.17) is 5.11 Å². The molecule has 0 saturated carbocycles. The summed E-state index contributed by atoms with van der Waals surface area (Å²) in [6.45, 7) is 0.351. The Morgan fingerprint density at radius 3 is 2.20 bits per heavy atom. The summed E-state index contributed by atoms with van der Waals surface area (Å²) < 4.78 is 0. The fraction of sp³-hybridized carbons (Fsp3) is 1.00. The molecule has 1 unspecified atom stereocenters. The molecule has 2 heteroatoms. The SMILES string of the molecule is OCCC[PH3+]. The van der Waals surface area contributed by atoms with Crippen LogP contribution in [-0.2, 0) is 0 Å². The van der Waals surface area contributed by atoms with Crippen molar-refractivity contribution in [2.75, 3.05) is 12.8 Å². The molecule has 32 valence electrons. The van der Waals surface area contributed by atoms with E-state index in [1.807, 2.05) is 9.24 Å². The number of rotatable bonds is 2. The van der Waals surface area contributed by atoms with Gasteiger partial charge in [0.05, 0.1) is 6.16 Å². The maximum absolute atomic E-state index is 8.07. The van der Waals surface area contributed by atoms with Gasteiger partial charge in [-0.25, -0.2) is 0 Å². The van der Waals surface area contributed by atoms with Gasteiger partial charge in [-0.3, -0.25) is 0 Å². The Labute approximate surface area is 34.6 Å². The molecular formula is C3H10OP+. The van der Waals surface area contributed by atoms with Gasteiger partial charge >= 0.3 is 0 Å². The minimum absolute atomic E-state index is 0.351. The summed E-state index contributed by atoms with van der Waals surface area (Å²) in [6, 6.07) is 0.